The lowest BCUT2D eigenvalue weighted by Crippen LogP contribution is -2.26. The molecule has 0 saturated heterocycles. The van der Waals surface area contributed by atoms with Crippen LogP contribution in [0.5, 0.6) is 0 Å². The van der Waals surface area contributed by atoms with Gasteiger partial charge < -0.3 is 9.80 Å². The van der Waals surface area contributed by atoms with Gasteiger partial charge in [-0.2, -0.15) is 0 Å². The molecule has 0 atom stereocenters. The third-order valence-electron chi connectivity index (χ3n) is 16.2. The van der Waals surface area contributed by atoms with Crippen LogP contribution in [0.25, 0.3) is 44.5 Å². The first-order valence-electron chi connectivity index (χ1n) is 24.4. The van der Waals surface area contributed by atoms with Crippen LogP contribution in [0.1, 0.15) is 72.2 Å². The molecule has 14 rings (SSSR count). The number of hydrogen-bond acceptors (Lipinski definition) is 2. The molecule has 2 heteroatoms. The Hall–Kier alpha value is -8.20. The van der Waals surface area contributed by atoms with Gasteiger partial charge in [-0.15, -0.1) is 0 Å². The van der Waals surface area contributed by atoms with Crippen LogP contribution in [0.2, 0.25) is 0 Å². The van der Waals surface area contributed by atoms with Crippen LogP contribution in [0.3, 0.4) is 0 Å². The van der Waals surface area contributed by atoms with Crippen molar-refractivity contribution in [2.24, 2.45) is 0 Å². The van der Waals surface area contributed by atoms with Crippen LogP contribution in [0, 0.1) is 0 Å². The highest BCUT2D eigenvalue weighted by atomic mass is 15.2. The van der Waals surface area contributed by atoms with Crippen LogP contribution in [-0.2, 0) is 16.2 Å². The SMILES string of the molecule is CC1(C)c2ccccc2-c2cccc(N(c3ccccc3)c3ccc4c(c3)-c3cc(N(c5ccccc5)c5cccc6c5C(C)(C)c5ccccc5-6)ccc3C43c4ccccc4-c4ccccc43)c21. The summed E-state index contributed by atoms with van der Waals surface area (Å²) >= 11 is 0. The Morgan fingerprint density at radius 2 is 0.565 bits per heavy atom. The van der Waals surface area contributed by atoms with E-state index in [2.05, 4.69) is 268 Å². The molecule has 0 bridgehead atoms. The van der Waals surface area contributed by atoms with E-state index in [4.69, 9.17) is 0 Å². The largest absolute Gasteiger partial charge is 0.310 e. The van der Waals surface area contributed by atoms with E-state index in [1.807, 2.05) is 0 Å². The van der Waals surface area contributed by atoms with Gasteiger partial charge in [0.15, 0.2) is 0 Å². The van der Waals surface area contributed by atoms with Gasteiger partial charge in [-0.25, -0.2) is 0 Å². The van der Waals surface area contributed by atoms with Gasteiger partial charge in [-0.3, -0.25) is 0 Å². The first-order chi connectivity index (χ1) is 33.8. The number of rotatable bonds is 6. The zero-order valence-electron chi connectivity index (χ0n) is 39.3. The van der Waals surface area contributed by atoms with Gasteiger partial charge in [0.05, 0.1) is 16.8 Å². The summed E-state index contributed by atoms with van der Waals surface area (Å²) in [7, 11) is 0. The summed E-state index contributed by atoms with van der Waals surface area (Å²) in [6.07, 6.45) is 0. The first-order valence-corrected chi connectivity index (χ1v) is 24.4. The molecule has 0 N–H and O–H groups in total. The third-order valence-corrected chi connectivity index (χ3v) is 16.2. The van der Waals surface area contributed by atoms with Crippen molar-refractivity contribution in [3.05, 3.63) is 275 Å². The molecule has 1 spiro atoms. The van der Waals surface area contributed by atoms with E-state index in [0.29, 0.717) is 0 Å². The van der Waals surface area contributed by atoms with Gasteiger partial charge in [-0.1, -0.05) is 198 Å². The molecular weight excluding hydrogens is 833 g/mol. The number of fused-ring (bicyclic) bond motifs is 16. The van der Waals surface area contributed by atoms with Crippen molar-refractivity contribution in [3.63, 3.8) is 0 Å². The van der Waals surface area contributed by atoms with E-state index in [-0.39, 0.29) is 10.8 Å². The molecule has 4 aliphatic carbocycles. The Labute approximate surface area is 405 Å². The Morgan fingerprint density at radius 1 is 0.246 bits per heavy atom. The topological polar surface area (TPSA) is 6.48 Å². The predicted octanol–water partition coefficient (Wildman–Crippen LogP) is 17.6. The van der Waals surface area contributed by atoms with E-state index < -0.39 is 5.41 Å². The fourth-order valence-electron chi connectivity index (χ4n) is 13.4. The molecule has 0 unspecified atom stereocenters. The summed E-state index contributed by atoms with van der Waals surface area (Å²) in [6.45, 7) is 9.57. The van der Waals surface area contributed by atoms with Crippen molar-refractivity contribution in [1.82, 2.24) is 0 Å². The van der Waals surface area contributed by atoms with Gasteiger partial charge in [0.2, 0.25) is 0 Å². The van der Waals surface area contributed by atoms with E-state index in [1.54, 1.807) is 0 Å². The van der Waals surface area contributed by atoms with Gasteiger partial charge in [0.25, 0.3) is 0 Å². The second-order valence-electron chi connectivity index (χ2n) is 20.4. The quantitative estimate of drug-likeness (QED) is 0.164. The minimum Gasteiger partial charge on any atom is -0.310 e. The Bertz CT molecular complexity index is 3500. The summed E-state index contributed by atoms with van der Waals surface area (Å²) in [6, 6.07) is 86.6. The predicted molar refractivity (Wildman–Crippen MR) is 287 cm³/mol. The van der Waals surface area contributed by atoms with E-state index in [0.717, 1.165) is 22.7 Å². The van der Waals surface area contributed by atoms with Crippen molar-refractivity contribution in [1.29, 1.82) is 0 Å². The van der Waals surface area contributed by atoms with Crippen LogP contribution in [-0.4, -0.2) is 0 Å². The summed E-state index contributed by atoms with van der Waals surface area (Å²) in [4.78, 5) is 5.03. The number of para-hydroxylation sites is 2. The second kappa shape index (κ2) is 14.4. The van der Waals surface area contributed by atoms with Gasteiger partial charge in [0.1, 0.15) is 0 Å². The maximum atomic E-state index is 2.51. The molecule has 0 aromatic heterocycles. The summed E-state index contributed by atoms with van der Waals surface area (Å²) in [5.74, 6) is 0. The van der Waals surface area contributed by atoms with Crippen LogP contribution < -0.4 is 9.80 Å². The fraction of sp³-hybridized carbons (Fsp3) is 0.104. The highest BCUT2D eigenvalue weighted by Crippen LogP contribution is 2.65. The maximum Gasteiger partial charge on any atom is 0.0725 e. The second-order valence-corrected chi connectivity index (χ2v) is 20.4. The molecule has 69 heavy (non-hydrogen) atoms. The highest BCUT2D eigenvalue weighted by molar-refractivity contribution is 5.99. The molecule has 10 aromatic carbocycles. The zero-order valence-corrected chi connectivity index (χ0v) is 39.3. The first kappa shape index (κ1) is 39.9. The molecule has 328 valence electrons. The average molecular weight is 883 g/mol. The molecule has 4 aliphatic rings. The van der Waals surface area contributed by atoms with Gasteiger partial charge in [0, 0.05) is 33.6 Å². The summed E-state index contributed by atoms with van der Waals surface area (Å²) in [5, 5.41) is 0. The van der Waals surface area contributed by atoms with Crippen LogP contribution in [0.4, 0.5) is 34.1 Å². The summed E-state index contributed by atoms with van der Waals surface area (Å²) in [5.41, 5.74) is 27.2. The lowest BCUT2D eigenvalue weighted by Gasteiger charge is -2.33. The molecular formula is C67H50N2. The molecule has 0 aliphatic heterocycles. The van der Waals surface area contributed by atoms with Crippen LogP contribution >= 0.6 is 0 Å². The van der Waals surface area contributed by atoms with Crippen molar-refractivity contribution in [2.75, 3.05) is 9.80 Å². The standard InChI is InChI=1S/C67H50N2/c1-65(2)55-31-15-11-27-49(55)51-29-19-35-61(63(51)65)68(43-21-7-5-8-22-43)45-37-39-59-53(41-45)54-42-46(38-40-60(54)67(59)57-33-17-13-25-47(57)48-26-14-18-34-58(48)67)69(44-23-9-6-10-24-44)62-36-20-30-52-50-28-12-16-32-56(50)66(3,4)64(52)62/h5-42H,1-4H3. The minimum absolute atomic E-state index is 0.205. The summed E-state index contributed by atoms with van der Waals surface area (Å²) < 4.78 is 0. The smallest absolute Gasteiger partial charge is 0.0725 e. The third kappa shape index (κ3) is 5.32. The molecule has 0 heterocycles. The molecule has 0 radical (unpaired) electrons. The number of anilines is 6. The van der Waals surface area contributed by atoms with Crippen molar-refractivity contribution in [3.8, 4) is 44.5 Å². The number of hydrogen-bond donors (Lipinski definition) is 0. The Kier molecular flexibility index (Phi) is 8.33. The van der Waals surface area contributed by atoms with Gasteiger partial charge in [-0.05, 0) is 150 Å². The lowest BCUT2D eigenvalue weighted by atomic mass is 9.70. The van der Waals surface area contributed by atoms with E-state index in [1.165, 1.54) is 100 Å². The lowest BCUT2D eigenvalue weighted by molar-refractivity contribution is 0.660. The monoisotopic (exact) mass is 882 g/mol. The Balaban J connectivity index is 1.04. The fourth-order valence-corrected chi connectivity index (χ4v) is 13.4. The van der Waals surface area contributed by atoms with E-state index >= 15 is 0 Å². The van der Waals surface area contributed by atoms with Crippen molar-refractivity contribution < 1.29 is 0 Å². The Morgan fingerprint density at radius 3 is 0.971 bits per heavy atom. The molecule has 0 fully saturated rings. The zero-order chi connectivity index (χ0) is 46.2. The molecule has 0 amide bonds. The molecule has 2 nitrogen and oxygen atoms in total. The average Bonchev–Trinajstić information content (AvgIpc) is 4.02. The molecule has 0 saturated carbocycles. The number of nitrogens with zero attached hydrogens (tertiary/aromatic N) is 2. The highest BCUT2D eigenvalue weighted by Gasteiger charge is 2.52. The van der Waals surface area contributed by atoms with Crippen molar-refractivity contribution in [2.45, 2.75) is 43.9 Å². The van der Waals surface area contributed by atoms with Crippen LogP contribution in [0.15, 0.2) is 231 Å². The molecule has 10 aromatic rings. The van der Waals surface area contributed by atoms with Gasteiger partial charge >= 0.3 is 0 Å². The van der Waals surface area contributed by atoms with Crippen molar-refractivity contribution >= 4 is 34.1 Å². The maximum absolute atomic E-state index is 2.51. The normalized spacial score (nSPS) is 15.0. The minimum atomic E-state index is -0.501. The van der Waals surface area contributed by atoms with E-state index in [9.17, 15) is 0 Å². The number of benzene rings is 10.